The van der Waals surface area contributed by atoms with Crippen molar-refractivity contribution in [1.82, 2.24) is 0 Å². The molecule has 0 saturated heterocycles. The van der Waals surface area contributed by atoms with E-state index in [9.17, 15) is 0 Å². The number of hydrogen-bond acceptors (Lipinski definition) is 2. The maximum absolute atomic E-state index is 6.44. The van der Waals surface area contributed by atoms with Gasteiger partial charge in [-0.3, -0.25) is 0 Å². The SMILES string of the molecule is Clc1ccc2sc3cc4c(cc3c2c1)C1(c2ccccc2S4)c2ccccc2-c2ccccc21. The van der Waals surface area contributed by atoms with Crippen LogP contribution in [0, 0.1) is 0 Å². The summed E-state index contributed by atoms with van der Waals surface area (Å²) in [7, 11) is 0. The molecule has 1 aliphatic carbocycles. The summed E-state index contributed by atoms with van der Waals surface area (Å²) in [5, 5.41) is 3.33. The van der Waals surface area contributed by atoms with Crippen molar-refractivity contribution in [1.29, 1.82) is 0 Å². The minimum atomic E-state index is -0.328. The lowest BCUT2D eigenvalue weighted by Gasteiger charge is -2.39. The van der Waals surface area contributed by atoms with Crippen molar-refractivity contribution in [3.63, 3.8) is 0 Å². The molecule has 0 radical (unpaired) electrons. The fourth-order valence-corrected chi connectivity index (χ4v) is 8.67. The highest BCUT2D eigenvalue weighted by atomic mass is 35.5. The van der Waals surface area contributed by atoms with Gasteiger partial charge in [0.25, 0.3) is 0 Å². The van der Waals surface area contributed by atoms with Crippen LogP contribution in [0.2, 0.25) is 5.02 Å². The van der Waals surface area contributed by atoms with Gasteiger partial charge in [0, 0.05) is 35.0 Å². The summed E-state index contributed by atoms with van der Waals surface area (Å²) < 4.78 is 2.60. The Balaban J connectivity index is 1.59. The molecule has 3 heteroatoms. The van der Waals surface area contributed by atoms with Crippen LogP contribution in [-0.2, 0) is 5.41 Å². The Morgan fingerprint density at radius 3 is 1.94 bits per heavy atom. The lowest BCUT2D eigenvalue weighted by Crippen LogP contribution is -2.31. The maximum Gasteiger partial charge on any atom is 0.0735 e. The van der Waals surface area contributed by atoms with Crippen molar-refractivity contribution in [2.24, 2.45) is 0 Å². The van der Waals surface area contributed by atoms with Crippen LogP contribution in [0.3, 0.4) is 0 Å². The number of halogens is 1. The first kappa shape index (κ1) is 19.3. The maximum atomic E-state index is 6.44. The normalized spacial score (nSPS) is 14.7. The van der Waals surface area contributed by atoms with Gasteiger partial charge in [-0.15, -0.1) is 11.3 Å². The zero-order chi connectivity index (χ0) is 22.4. The molecule has 0 fully saturated rings. The molecular weight excluding hydrogens is 472 g/mol. The van der Waals surface area contributed by atoms with Gasteiger partial charge < -0.3 is 0 Å². The van der Waals surface area contributed by atoms with Crippen molar-refractivity contribution in [3.05, 3.63) is 130 Å². The molecule has 0 bridgehead atoms. The van der Waals surface area contributed by atoms with Crippen LogP contribution >= 0.6 is 34.7 Å². The van der Waals surface area contributed by atoms with Crippen LogP contribution < -0.4 is 0 Å². The molecule has 1 spiro atoms. The molecule has 0 amide bonds. The van der Waals surface area contributed by atoms with E-state index in [1.54, 1.807) is 0 Å². The first-order valence-electron chi connectivity index (χ1n) is 11.4. The molecule has 5 aromatic carbocycles. The summed E-state index contributed by atoms with van der Waals surface area (Å²) in [6, 6.07) is 38.0. The number of hydrogen-bond donors (Lipinski definition) is 0. The van der Waals surface area contributed by atoms with E-state index in [-0.39, 0.29) is 5.41 Å². The first-order chi connectivity index (χ1) is 16.7. The molecule has 1 aromatic heterocycles. The van der Waals surface area contributed by atoms with Crippen molar-refractivity contribution in [2.45, 2.75) is 15.2 Å². The molecule has 0 unspecified atom stereocenters. The van der Waals surface area contributed by atoms with Gasteiger partial charge in [-0.05, 0) is 69.8 Å². The molecule has 0 atom stereocenters. The largest absolute Gasteiger partial charge is 0.135 e. The highest BCUT2D eigenvalue weighted by Gasteiger charge is 2.50. The third kappa shape index (κ3) is 2.31. The Kier molecular flexibility index (Phi) is 3.84. The second kappa shape index (κ2) is 6.76. The minimum absolute atomic E-state index is 0.328. The molecule has 34 heavy (non-hydrogen) atoms. The van der Waals surface area contributed by atoms with Crippen LogP contribution in [0.4, 0.5) is 0 Å². The lowest BCUT2D eigenvalue weighted by molar-refractivity contribution is 0.724. The Labute approximate surface area is 210 Å². The molecule has 2 heterocycles. The van der Waals surface area contributed by atoms with Gasteiger partial charge in [0.1, 0.15) is 0 Å². The molecule has 0 nitrogen and oxygen atoms in total. The van der Waals surface area contributed by atoms with Crippen molar-refractivity contribution >= 4 is 54.9 Å². The van der Waals surface area contributed by atoms with Crippen LogP contribution in [0.1, 0.15) is 22.3 Å². The predicted molar refractivity (Wildman–Crippen MR) is 146 cm³/mol. The van der Waals surface area contributed by atoms with Crippen molar-refractivity contribution < 1.29 is 0 Å². The molecule has 6 aromatic rings. The van der Waals surface area contributed by atoms with Crippen LogP contribution in [-0.4, -0.2) is 0 Å². The second-order valence-corrected chi connectivity index (χ2v) is 11.6. The van der Waals surface area contributed by atoms with Crippen LogP contribution in [0.5, 0.6) is 0 Å². The third-order valence-electron chi connectivity index (χ3n) is 7.40. The van der Waals surface area contributed by atoms with E-state index in [1.165, 1.54) is 63.3 Å². The quantitative estimate of drug-likeness (QED) is 0.205. The Morgan fingerprint density at radius 1 is 0.529 bits per heavy atom. The van der Waals surface area contributed by atoms with Crippen LogP contribution in [0.25, 0.3) is 31.3 Å². The molecule has 8 rings (SSSR count). The van der Waals surface area contributed by atoms with E-state index >= 15 is 0 Å². The molecule has 0 N–H and O–H groups in total. The summed E-state index contributed by atoms with van der Waals surface area (Å²) >= 11 is 10.2. The average Bonchev–Trinajstić information content (AvgIpc) is 3.37. The zero-order valence-electron chi connectivity index (χ0n) is 18.0. The van der Waals surface area contributed by atoms with Crippen molar-refractivity contribution in [2.75, 3.05) is 0 Å². The Morgan fingerprint density at radius 2 is 1.18 bits per heavy atom. The molecule has 1 aliphatic heterocycles. The van der Waals surface area contributed by atoms with E-state index in [1.807, 2.05) is 29.2 Å². The van der Waals surface area contributed by atoms with Gasteiger partial charge in [-0.25, -0.2) is 0 Å². The van der Waals surface area contributed by atoms with Crippen LogP contribution in [0.15, 0.2) is 113 Å². The topological polar surface area (TPSA) is 0 Å². The van der Waals surface area contributed by atoms with Gasteiger partial charge in [0.15, 0.2) is 0 Å². The minimum Gasteiger partial charge on any atom is -0.135 e. The summed E-state index contributed by atoms with van der Waals surface area (Å²) in [4.78, 5) is 2.68. The highest BCUT2D eigenvalue weighted by Crippen LogP contribution is 2.62. The summed E-state index contributed by atoms with van der Waals surface area (Å²) in [5.41, 5.74) is 7.85. The van der Waals surface area contributed by atoms with Gasteiger partial charge in [0.05, 0.1) is 5.41 Å². The number of rotatable bonds is 0. The average molecular weight is 489 g/mol. The van der Waals surface area contributed by atoms with Gasteiger partial charge in [-0.2, -0.15) is 0 Å². The molecule has 2 aliphatic rings. The Bertz CT molecular complexity index is 1760. The molecule has 160 valence electrons. The second-order valence-electron chi connectivity index (χ2n) is 9.03. The highest BCUT2D eigenvalue weighted by molar-refractivity contribution is 7.99. The monoisotopic (exact) mass is 488 g/mol. The fraction of sp³-hybridized carbons (Fsp3) is 0.0323. The van der Waals surface area contributed by atoms with E-state index in [0.29, 0.717) is 0 Å². The van der Waals surface area contributed by atoms with Crippen molar-refractivity contribution in [3.8, 4) is 11.1 Å². The summed E-state index contributed by atoms with van der Waals surface area (Å²) in [5.74, 6) is 0. The van der Waals surface area contributed by atoms with Gasteiger partial charge in [-0.1, -0.05) is 90.1 Å². The molecular formula is C31H17ClS2. The smallest absolute Gasteiger partial charge is 0.0735 e. The third-order valence-corrected chi connectivity index (χ3v) is 9.90. The number of fused-ring (bicyclic) bond motifs is 12. The summed E-state index contributed by atoms with van der Waals surface area (Å²) in [6.45, 7) is 0. The standard InChI is InChI=1S/C31H17ClS2/c32-18-13-14-27-21(15-18)22-16-26-30(17-29(22)33-27)34-28-12-6-5-11-25(28)31(26)23-9-3-1-7-19(23)20-8-2-4-10-24(20)31/h1-17H. The van der Waals surface area contributed by atoms with E-state index < -0.39 is 0 Å². The van der Waals surface area contributed by atoms with E-state index in [0.717, 1.165) is 5.02 Å². The fourth-order valence-electron chi connectivity index (χ4n) is 6.10. The lowest BCUT2D eigenvalue weighted by atomic mass is 9.67. The van der Waals surface area contributed by atoms with Gasteiger partial charge >= 0.3 is 0 Å². The first-order valence-corrected chi connectivity index (χ1v) is 13.4. The van der Waals surface area contributed by atoms with E-state index in [2.05, 4.69) is 97.1 Å². The van der Waals surface area contributed by atoms with Gasteiger partial charge in [0.2, 0.25) is 0 Å². The Hall–Kier alpha value is -3.04. The molecule has 0 saturated carbocycles. The van der Waals surface area contributed by atoms with E-state index in [4.69, 9.17) is 11.6 Å². The number of benzene rings is 5. The zero-order valence-corrected chi connectivity index (χ0v) is 20.4. The predicted octanol–water partition coefficient (Wildman–Crippen LogP) is 9.54. The number of thiophene rings is 1. The summed E-state index contributed by atoms with van der Waals surface area (Å²) in [6.07, 6.45) is 0.